The van der Waals surface area contributed by atoms with Crippen molar-refractivity contribution in [1.29, 1.82) is 0 Å². The molecule has 0 fully saturated rings. The first-order chi connectivity index (χ1) is 34.4. The van der Waals surface area contributed by atoms with Crippen molar-refractivity contribution in [3.05, 3.63) is 284 Å². The lowest BCUT2D eigenvalue weighted by molar-refractivity contribution is 0.471. The zero-order chi connectivity index (χ0) is 48.0. The van der Waals surface area contributed by atoms with E-state index < -0.39 is 0 Å². The number of anilines is 4. The highest BCUT2D eigenvalue weighted by Crippen LogP contribution is 2.53. The molecule has 3 aliphatic rings. The Balaban J connectivity index is 1.02. The summed E-state index contributed by atoms with van der Waals surface area (Å²) in [7, 11) is 0. The molecule has 7 aromatic rings. The third-order valence-corrected chi connectivity index (χ3v) is 13.3. The molecule has 0 aromatic heterocycles. The molecule has 342 valence electrons. The summed E-state index contributed by atoms with van der Waals surface area (Å²) in [5, 5.41) is 0. The highest BCUT2D eigenvalue weighted by molar-refractivity contribution is 5.99. The normalized spacial score (nSPS) is 14.7. The van der Waals surface area contributed by atoms with Crippen molar-refractivity contribution < 1.29 is 9.47 Å². The Labute approximate surface area is 413 Å². The van der Waals surface area contributed by atoms with Crippen LogP contribution in [0.3, 0.4) is 0 Å². The Kier molecular flexibility index (Phi) is 13.1. The maximum absolute atomic E-state index is 6.80. The highest BCUT2D eigenvalue weighted by Gasteiger charge is 2.32. The summed E-state index contributed by atoms with van der Waals surface area (Å²) in [6.07, 6.45) is 20.1. The summed E-state index contributed by atoms with van der Waals surface area (Å²) >= 11 is 0. The van der Waals surface area contributed by atoms with Crippen LogP contribution in [-0.4, -0.2) is 6.04 Å². The highest BCUT2D eigenvalue weighted by atomic mass is 16.5. The standard InChI is InChI=1S/C66H56N2O2/c1-6-8-22-51-32-33-56(43-52(51)23-9-7-2)67(41-40-53(50-26-16-11-17-27-50)42-46(3)49-24-14-10-15-25-49)57-34-37-60-61-38-39-62-65(66(61)48(5)69-64(60)44-57)47(4)59-36-35-58(45-63(59)70-62)68(54-28-18-12-19-29-54)55-30-20-13-21-31-55/h6-7,10-21,24-32,34-45,56H,1-5,8-9,22-23,33H2/b41-40+,53-42+. The summed E-state index contributed by atoms with van der Waals surface area (Å²) in [6.45, 7) is 21.8. The molecular weight excluding hydrogens is 853 g/mol. The van der Waals surface area contributed by atoms with Gasteiger partial charge in [-0.15, -0.1) is 13.2 Å². The maximum Gasteiger partial charge on any atom is 0.137 e. The van der Waals surface area contributed by atoms with Crippen LogP contribution in [-0.2, 0) is 0 Å². The lowest BCUT2D eigenvalue weighted by atomic mass is 9.85. The molecule has 0 amide bonds. The monoisotopic (exact) mass is 908 g/mol. The molecule has 2 aliphatic heterocycles. The number of nitrogens with zero attached hydrogens (tertiary/aromatic N) is 2. The molecule has 7 aromatic carbocycles. The summed E-state index contributed by atoms with van der Waals surface area (Å²) in [6, 6.07) is 58.7. The average molecular weight is 909 g/mol. The minimum atomic E-state index is 0.0376. The molecule has 2 heterocycles. The largest absolute Gasteiger partial charge is 0.457 e. The van der Waals surface area contributed by atoms with Crippen LogP contribution in [0.15, 0.2) is 257 Å². The predicted molar refractivity (Wildman–Crippen MR) is 296 cm³/mol. The predicted octanol–water partition coefficient (Wildman–Crippen LogP) is 18.0. The second kappa shape index (κ2) is 20.3. The zero-order valence-electron chi connectivity index (χ0n) is 39.6. The van der Waals surface area contributed by atoms with Gasteiger partial charge in [0.2, 0.25) is 0 Å². The van der Waals surface area contributed by atoms with Crippen LogP contribution in [0.1, 0.15) is 59.9 Å². The maximum atomic E-state index is 6.80. The van der Waals surface area contributed by atoms with E-state index in [9.17, 15) is 0 Å². The molecule has 1 aliphatic carbocycles. The minimum absolute atomic E-state index is 0.0376. The number of fused-ring (bicyclic) bond motifs is 6. The van der Waals surface area contributed by atoms with Gasteiger partial charge in [-0.25, -0.2) is 0 Å². The molecule has 0 radical (unpaired) electrons. The second-order valence-corrected chi connectivity index (χ2v) is 17.8. The molecule has 0 N–H and O–H groups in total. The SMILES string of the molecule is C=CCCC1=CCC(N(/C=C/C(=C\C(=C)c2ccccc2)c2ccccc2)c2ccc3c(c2)OC(=C)c2c-3ccc3c2C(=C)c2ccc(N(c4ccccc4)c4ccccc4)cc2O3)C=C1CCC=C. The van der Waals surface area contributed by atoms with Gasteiger partial charge in [0.25, 0.3) is 0 Å². The van der Waals surface area contributed by atoms with Crippen LogP contribution >= 0.6 is 0 Å². The molecular formula is C66H56N2O2. The number of rotatable bonds is 16. The molecule has 4 heteroatoms. The van der Waals surface area contributed by atoms with Gasteiger partial charge in [-0.1, -0.05) is 141 Å². The van der Waals surface area contributed by atoms with E-state index in [0.717, 1.165) is 128 Å². The summed E-state index contributed by atoms with van der Waals surface area (Å²) in [4.78, 5) is 4.61. The first-order valence-electron chi connectivity index (χ1n) is 24.1. The lowest BCUT2D eigenvalue weighted by Crippen LogP contribution is -2.30. The van der Waals surface area contributed by atoms with Crippen LogP contribution < -0.4 is 19.3 Å². The van der Waals surface area contributed by atoms with Crippen molar-refractivity contribution in [1.82, 2.24) is 0 Å². The number of ether oxygens (including phenoxy) is 2. The number of para-hydroxylation sites is 2. The Morgan fingerprint density at radius 2 is 1.13 bits per heavy atom. The van der Waals surface area contributed by atoms with Crippen molar-refractivity contribution >= 4 is 45.2 Å². The van der Waals surface area contributed by atoms with Gasteiger partial charge in [0, 0.05) is 63.3 Å². The van der Waals surface area contributed by atoms with E-state index >= 15 is 0 Å². The molecule has 10 rings (SSSR count). The van der Waals surface area contributed by atoms with Crippen molar-refractivity contribution in [2.45, 2.75) is 38.1 Å². The molecule has 70 heavy (non-hydrogen) atoms. The van der Waals surface area contributed by atoms with Crippen molar-refractivity contribution in [2.75, 3.05) is 9.80 Å². The van der Waals surface area contributed by atoms with Crippen molar-refractivity contribution in [3.63, 3.8) is 0 Å². The van der Waals surface area contributed by atoms with E-state index in [4.69, 9.17) is 9.47 Å². The smallest absolute Gasteiger partial charge is 0.137 e. The Hall–Kier alpha value is -8.60. The fourth-order valence-electron chi connectivity index (χ4n) is 9.83. The number of hydrogen-bond acceptors (Lipinski definition) is 4. The van der Waals surface area contributed by atoms with Crippen LogP contribution in [0, 0.1) is 0 Å². The van der Waals surface area contributed by atoms with Crippen LogP contribution in [0.5, 0.6) is 17.2 Å². The van der Waals surface area contributed by atoms with Gasteiger partial charge in [0.05, 0.1) is 6.04 Å². The molecule has 0 saturated carbocycles. The van der Waals surface area contributed by atoms with Gasteiger partial charge in [0.1, 0.15) is 23.0 Å². The van der Waals surface area contributed by atoms with E-state index in [-0.39, 0.29) is 6.04 Å². The Morgan fingerprint density at radius 3 is 1.80 bits per heavy atom. The van der Waals surface area contributed by atoms with E-state index in [0.29, 0.717) is 5.76 Å². The van der Waals surface area contributed by atoms with E-state index in [1.54, 1.807) is 0 Å². The Morgan fingerprint density at radius 1 is 0.557 bits per heavy atom. The second-order valence-electron chi connectivity index (χ2n) is 17.8. The third-order valence-electron chi connectivity index (χ3n) is 13.3. The number of hydrogen-bond donors (Lipinski definition) is 0. The minimum Gasteiger partial charge on any atom is -0.457 e. The Bertz CT molecular complexity index is 3230. The zero-order valence-corrected chi connectivity index (χ0v) is 39.6. The summed E-state index contributed by atoms with van der Waals surface area (Å²) in [5.74, 6) is 2.76. The van der Waals surface area contributed by atoms with Gasteiger partial charge in [-0.2, -0.15) is 0 Å². The number of benzene rings is 7. The fraction of sp³-hybridized carbons (Fsp3) is 0.0909. The molecule has 4 nitrogen and oxygen atoms in total. The van der Waals surface area contributed by atoms with Crippen molar-refractivity contribution in [2.24, 2.45) is 0 Å². The fourth-order valence-corrected chi connectivity index (χ4v) is 9.83. The summed E-state index contributed by atoms with van der Waals surface area (Å²) < 4.78 is 13.6. The van der Waals surface area contributed by atoms with Crippen LogP contribution in [0.4, 0.5) is 22.7 Å². The quantitative estimate of drug-likeness (QED) is 0.0712. The van der Waals surface area contributed by atoms with Gasteiger partial charge >= 0.3 is 0 Å². The molecule has 0 saturated heterocycles. The molecule has 0 bridgehead atoms. The van der Waals surface area contributed by atoms with Gasteiger partial charge < -0.3 is 19.3 Å². The van der Waals surface area contributed by atoms with Gasteiger partial charge in [-0.05, 0) is 149 Å². The molecule has 0 spiro atoms. The first kappa shape index (κ1) is 45.2. The average Bonchev–Trinajstić information content (AvgIpc) is 3.40. The lowest BCUT2D eigenvalue weighted by Gasteiger charge is -2.34. The molecule has 1 unspecified atom stereocenters. The van der Waals surface area contributed by atoms with Gasteiger partial charge in [-0.3, -0.25) is 0 Å². The van der Waals surface area contributed by atoms with E-state index in [1.165, 1.54) is 11.1 Å². The van der Waals surface area contributed by atoms with E-state index in [1.807, 2.05) is 30.4 Å². The van der Waals surface area contributed by atoms with Crippen LogP contribution in [0.25, 0.3) is 33.6 Å². The van der Waals surface area contributed by atoms with E-state index in [2.05, 4.69) is 225 Å². The van der Waals surface area contributed by atoms with Crippen molar-refractivity contribution in [3.8, 4) is 28.4 Å². The third kappa shape index (κ3) is 9.20. The van der Waals surface area contributed by atoms with Gasteiger partial charge in [0.15, 0.2) is 0 Å². The topological polar surface area (TPSA) is 24.9 Å². The molecule has 1 atom stereocenters. The summed E-state index contributed by atoms with van der Waals surface area (Å²) in [5.41, 5.74) is 16.6. The van der Waals surface area contributed by atoms with Crippen LogP contribution in [0.2, 0.25) is 0 Å². The first-order valence-corrected chi connectivity index (χ1v) is 24.1. The number of allylic oxidation sites excluding steroid dienone is 8.